The van der Waals surface area contributed by atoms with Crippen LogP contribution in [-0.2, 0) is 14.8 Å². The van der Waals surface area contributed by atoms with Crippen molar-refractivity contribution in [2.24, 2.45) is 0 Å². The number of hydrogen-bond donors (Lipinski definition) is 0. The molecule has 26 heavy (non-hydrogen) atoms. The van der Waals surface area contributed by atoms with Gasteiger partial charge >= 0.3 is 0 Å². The van der Waals surface area contributed by atoms with Crippen LogP contribution in [0.2, 0.25) is 19.6 Å². The summed E-state index contributed by atoms with van der Waals surface area (Å²) in [6.45, 7) is 7.14. The standard InChI is InChI=1S/C17H26N2O5SSi/c1-25(22,23)18(13-26(2,3)4)9-11-24-12-10-19-16(20)14-7-5-6-8-15(14)17(19)21/h5-8H,9-13H2,1-4H3. The van der Waals surface area contributed by atoms with Crippen LogP contribution in [0.15, 0.2) is 24.3 Å². The highest BCUT2D eigenvalue weighted by molar-refractivity contribution is 7.88. The molecule has 0 radical (unpaired) electrons. The second-order valence-corrected chi connectivity index (χ2v) is 15.0. The third-order valence-corrected chi connectivity index (χ3v) is 6.75. The summed E-state index contributed by atoms with van der Waals surface area (Å²) >= 11 is 0. The van der Waals surface area contributed by atoms with E-state index in [0.717, 1.165) is 0 Å². The summed E-state index contributed by atoms with van der Waals surface area (Å²) in [5, 5.41) is 0. The molecule has 0 bridgehead atoms. The monoisotopic (exact) mass is 398 g/mol. The highest BCUT2D eigenvalue weighted by atomic mass is 32.2. The average Bonchev–Trinajstić information content (AvgIpc) is 2.76. The van der Waals surface area contributed by atoms with Crippen molar-refractivity contribution >= 4 is 29.9 Å². The quantitative estimate of drug-likeness (QED) is 0.357. The Labute approximate surface area is 156 Å². The number of rotatable bonds is 9. The summed E-state index contributed by atoms with van der Waals surface area (Å²) < 4.78 is 30.7. The molecule has 0 aliphatic carbocycles. The van der Waals surface area contributed by atoms with Gasteiger partial charge in [-0.1, -0.05) is 31.8 Å². The molecule has 2 rings (SSSR count). The maximum absolute atomic E-state index is 12.2. The highest BCUT2D eigenvalue weighted by Crippen LogP contribution is 2.21. The molecule has 0 fully saturated rings. The van der Waals surface area contributed by atoms with Crippen molar-refractivity contribution in [2.45, 2.75) is 19.6 Å². The first-order chi connectivity index (χ1) is 12.0. The van der Waals surface area contributed by atoms with E-state index in [1.54, 1.807) is 24.3 Å². The van der Waals surface area contributed by atoms with Gasteiger partial charge in [0.15, 0.2) is 0 Å². The predicted molar refractivity (Wildman–Crippen MR) is 102 cm³/mol. The van der Waals surface area contributed by atoms with Crippen LogP contribution in [0.3, 0.4) is 0 Å². The van der Waals surface area contributed by atoms with Gasteiger partial charge in [0, 0.05) is 12.7 Å². The summed E-state index contributed by atoms with van der Waals surface area (Å²) in [7, 11) is -4.87. The van der Waals surface area contributed by atoms with E-state index in [-0.39, 0.29) is 38.1 Å². The minimum Gasteiger partial charge on any atom is -0.378 e. The number of amides is 2. The largest absolute Gasteiger partial charge is 0.378 e. The van der Waals surface area contributed by atoms with Crippen LogP contribution in [0.1, 0.15) is 20.7 Å². The Morgan fingerprint density at radius 3 is 2.04 bits per heavy atom. The Kier molecular flexibility index (Phi) is 6.38. The van der Waals surface area contributed by atoms with E-state index in [1.807, 2.05) is 0 Å². The van der Waals surface area contributed by atoms with Crippen LogP contribution < -0.4 is 0 Å². The maximum atomic E-state index is 12.2. The van der Waals surface area contributed by atoms with Crippen molar-refractivity contribution in [1.82, 2.24) is 9.21 Å². The molecule has 1 aromatic rings. The van der Waals surface area contributed by atoms with Gasteiger partial charge in [-0.25, -0.2) is 12.7 Å². The van der Waals surface area contributed by atoms with Crippen LogP contribution >= 0.6 is 0 Å². The van der Waals surface area contributed by atoms with Crippen molar-refractivity contribution in [2.75, 3.05) is 38.7 Å². The lowest BCUT2D eigenvalue weighted by molar-refractivity contribution is 0.0557. The molecule has 0 unspecified atom stereocenters. The third-order valence-electron chi connectivity index (χ3n) is 3.94. The minimum absolute atomic E-state index is 0.152. The number of carbonyl (C=O) groups excluding carboxylic acids is 2. The molecule has 7 nitrogen and oxygen atoms in total. The second-order valence-electron chi connectivity index (χ2n) is 7.58. The molecule has 0 saturated carbocycles. The molecular weight excluding hydrogens is 372 g/mol. The summed E-state index contributed by atoms with van der Waals surface area (Å²) in [5.74, 6) is -0.628. The molecule has 0 atom stereocenters. The molecule has 1 heterocycles. The van der Waals surface area contributed by atoms with Crippen LogP contribution in [0.4, 0.5) is 0 Å². The van der Waals surface area contributed by atoms with E-state index in [4.69, 9.17) is 4.74 Å². The first-order valence-corrected chi connectivity index (χ1v) is 14.0. The van der Waals surface area contributed by atoms with Gasteiger partial charge in [0.2, 0.25) is 10.0 Å². The smallest absolute Gasteiger partial charge is 0.261 e. The Morgan fingerprint density at radius 2 is 1.58 bits per heavy atom. The zero-order valence-electron chi connectivity index (χ0n) is 15.7. The van der Waals surface area contributed by atoms with Gasteiger partial charge in [0.1, 0.15) is 0 Å². The lowest BCUT2D eigenvalue weighted by Crippen LogP contribution is -2.44. The van der Waals surface area contributed by atoms with Gasteiger partial charge in [-0.15, -0.1) is 0 Å². The lowest BCUT2D eigenvalue weighted by atomic mass is 10.1. The van der Waals surface area contributed by atoms with E-state index in [2.05, 4.69) is 19.6 Å². The topological polar surface area (TPSA) is 84.0 Å². The summed E-state index contributed by atoms with van der Waals surface area (Å²) in [6.07, 6.45) is 1.74. The number of nitrogens with zero attached hydrogens (tertiary/aromatic N) is 2. The first-order valence-electron chi connectivity index (χ1n) is 8.49. The van der Waals surface area contributed by atoms with Crippen LogP contribution in [0.5, 0.6) is 0 Å². The number of sulfonamides is 1. The second kappa shape index (κ2) is 7.99. The molecule has 0 N–H and O–H groups in total. The van der Waals surface area contributed by atoms with Crippen LogP contribution in [-0.4, -0.2) is 76.2 Å². The number of hydrogen-bond acceptors (Lipinski definition) is 5. The number of fused-ring (bicyclic) bond motifs is 1. The fourth-order valence-electron chi connectivity index (χ4n) is 2.76. The van der Waals surface area contributed by atoms with Crippen LogP contribution in [0, 0.1) is 0 Å². The van der Waals surface area contributed by atoms with Crippen LogP contribution in [0.25, 0.3) is 0 Å². The fraction of sp³-hybridized carbons (Fsp3) is 0.529. The normalized spacial score (nSPS) is 15.0. The molecule has 0 aromatic heterocycles. The molecular formula is C17H26N2O5SSi. The summed E-state index contributed by atoms with van der Waals surface area (Å²) in [4.78, 5) is 25.6. The predicted octanol–water partition coefficient (Wildman–Crippen LogP) is 1.44. The molecule has 0 spiro atoms. The number of imide groups is 1. The first kappa shape index (κ1) is 20.8. The molecule has 1 aliphatic rings. The molecule has 2 amide bonds. The van der Waals surface area contributed by atoms with Crippen molar-refractivity contribution in [3.05, 3.63) is 35.4 Å². The van der Waals surface area contributed by atoms with E-state index in [9.17, 15) is 18.0 Å². The van der Waals surface area contributed by atoms with Gasteiger partial charge in [0.05, 0.1) is 45.2 Å². The highest BCUT2D eigenvalue weighted by Gasteiger charge is 2.34. The van der Waals surface area contributed by atoms with E-state index in [0.29, 0.717) is 17.3 Å². The Bertz CT molecular complexity index is 754. The van der Waals surface area contributed by atoms with Gasteiger partial charge in [-0.05, 0) is 12.1 Å². The summed E-state index contributed by atoms with van der Waals surface area (Å²) in [6, 6.07) is 6.72. The number of ether oxygens (including phenoxy) is 1. The van der Waals surface area contributed by atoms with Gasteiger partial charge in [-0.3, -0.25) is 14.5 Å². The minimum atomic E-state index is -3.29. The van der Waals surface area contributed by atoms with Crippen molar-refractivity contribution in [3.63, 3.8) is 0 Å². The molecule has 9 heteroatoms. The molecule has 144 valence electrons. The Balaban J connectivity index is 1.82. The van der Waals surface area contributed by atoms with Crippen molar-refractivity contribution in [1.29, 1.82) is 0 Å². The number of carbonyl (C=O) groups is 2. The maximum Gasteiger partial charge on any atom is 0.261 e. The van der Waals surface area contributed by atoms with Crippen molar-refractivity contribution in [3.8, 4) is 0 Å². The summed E-state index contributed by atoms with van der Waals surface area (Å²) in [5.41, 5.74) is 0.826. The molecule has 0 saturated heterocycles. The van der Waals surface area contributed by atoms with E-state index >= 15 is 0 Å². The van der Waals surface area contributed by atoms with Gasteiger partial charge < -0.3 is 4.74 Å². The zero-order chi connectivity index (χ0) is 19.5. The lowest BCUT2D eigenvalue weighted by Gasteiger charge is -2.26. The third kappa shape index (κ3) is 5.23. The fourth-order valence-corrected chi connectivity index (χ4v) is 6.48. The number of benzene rings is 1. The Hall–Kier alpha value is -1.55. The molecule has 1 aromatic carbocycles. The van der Waals surface area contributed by atoms with E-state index < -0.39 is 18.1 Å². The zero-order valence-corrected chi connectivity index (χ0v) is 17.5. The Morgan fingerprint density at radius 1 is 1.04 bits per heavy atom. The SMILES string of the molecule is C[Si](C)(C)CN(CCOCCN1C(=O)c2ccccc2C1=O)S(C)(=O)=O. The van der Waals surface area contributed by atoms with E-state index in [1.165, 1.54) is 15.5 Å². The molecule has 1 aliphatic heterocycles. The van der Waals surface area contributed by atoms with Crippen molar-refractivity contribution < 1.29 is 22.7 Å². The average molecular weight is 399 g/mol. The van der Waals surface area contributed by atoms with Gasteiger partial charge in [-0.2, -0.15) is 0 Å². The van der Waals surface area contributed by atoms with Gasteiger partial charge in [0.25, 0.3) is 11.8 Å².